The van der Waals surface area contributed by atoms with Crippen LogP contribution in [-0.2, 0) is 23.9 Å². The van der Waals surface area contributed by atoms with Crippen LogP contribution in [0.1, 0.15) is 21.5 Å². The summed E-state index contributed by atoms with van der Waals surface area (Å²) in [6.45, 7) is -0.886. The van der Waals surface area contributed by atoms with Gasteiger partial charge >= 0.3 is 6.03 Å². The lowest BCUT2D eigenvalue weighted by Crippen LogP contribution is -2.52. The molecule has 2 aliphatic rings. The van der Waals surface area contributed by atoms with E-state index in [1.807, 2.05) is 7.05 Å². The standard InChI is InChI=1S/C25H20FN7O4/c1-32-13-29-20-19(27-12-28-21(20)32)14-2-5-16(6-3-14)25(23(35)30-24(36)31-25)10-33-9-15-4-7-17(37-11-26)8-18(15)22(33)34/h2-8,12-13H,9-11H2,1H3,(H2,30,31,35,36)/t25-/m0/s1. The highest BCUT2D eigenvalue weighted by Gasteiger charge is 2.50. The number of nitrogens with zero attached hydrogens (tertiary/aromatic N) is 5. The minimum Gasteiger partial charge on any atom is -0.463 e. The molecule has 12 heteroatoms. The van der Waals surface area contributed by atoms with Crippen molar-refractivity contribution in [3.8, 4) is 17.0 Å². The highest BCUT2D eigenvalue weighted by atomic mass is 19.1. The van der Waals surface area contributed by atoms with Crippen molar-refractivity contribution in [1.29, 1.82) is 0 Å². The number of hydrogen-bond acceptors (Lipinski definition) is 7. The first kappa shape index (κ1) is 22.6. The number of imidazole rings is 1. The average Bonchev–Trinajstić information content (AvgIpc) is 3.53. The van der Waals surface area contributed by atoms with E-state index in [0.717, 1.165) is 11.1 Å². The molecule has 0 aliphatic carbocycles. The van der Waals surface area contributed by atoms with Gasteiger partial charge in [0.1, 0.15) is 23.3 Å². The minimum absolute atomic E-state index is 0.102. The minimum atomic E-state index is -1.50. The number of fused-ring (bicyclic) bond motifs is 2. The first-order valence-electron chi connectivity index (χ1n) is 11.4. The molecule has 4 heterocycles. The number of rotatable bonds is 6. The molecule has 0 unspecified atom stereocenters. The molecule has 0 saturated carbocycles. The van der Waals surface area contributed by atoms with E-state index >= 15 is 0 Å². The number of carbonyl (C=O) groups excluding carboxylic acids is 3. The number of carbonyl (C=O) groups is 3. The number of aromatic nitrogens is 4. The molecule has 6 rings (SSSR count). The van der Waals surface area contributed by atoms with Crippen LogP contribution in [0.15, 0.2) is 55.1 Å². The van der Waals surface area contributed by atoms with Crippen molar-refractivity contribution in [3.05, 3.63) is 71.8 Å². The quantitative estimate of drug-likeness (QED) is 0.387. The van der Waals surface area contributed by atoms with Crippen LogP contribution in [0.2, 0.25) is 0 Å². The zero-order valence-electron chi connectivity index (χ0n) is 19.6. The van der Waals surface area contributed by atoms with E-state index in [9.17, 15) is 18.8 Å². The molecule has 4 amide bonds. The molecule has 11 nitrogen and oxygen atoms in total. The Labute approximate surface area is 209 Å². The summed E-state index contributed by atoms with van der Waals surface area (Å²) in [4.78, 5) is 53.0. The lowest BCUT2D eigenvalue weighted by atomic mass is 9.88. The Morgan fingerprint density at radius 1 is 1.08 bits per heavy atom. The van der Waals surface area contributed by atoms with Crippen molar-refractivity contribution in [3.63, 3.8) is 0 Å². The van der Waals surface area contributed by atoms with E-state index in [-0.39, 0.29) is 24.7 Å². The van der Waals surface area contributed by atoms with E-state index in [4.69, 9.17) is 4.74 Å². The Kier molecular flexibility index (Phi) is 5.10. The fourth-order valence-corrected chi connectivity index (χ4v) is 4.87. The molecule has 2 aromatic carbocycles. The Hall–Kier alpha value is -4.87. The van der Waals surface area contributed by atoms with Gasteiger partial charge in [0.25, 0.3) is 11.8 Å². The summed E-state index contributed by atoms with van der Waals surface area (Å²) in [7, 11) is 1.84. The van der Waals surface area contributed by atoms with Crippen molar-refractivity contribution in [2.75, 3.05) is 13.4 Å². The van der Waals surface area contributed by atoms with E-state index in [1.165, 1.54) is 17.3 Å². The van der Waals surface area contributed by atoms with Crippen LogP contribution in [-0.4, -0.2) is 55.7 Å². The first-order chi connectivity index (χ1) is 17.9. The van der Waals surface area contributed by atoms with E-state index in [1.54, 1.807) is 47.3 Å². The second-order valence-corrected chi connectivity index (χ2v) is 8.87. The van der Waals surface area contributed by atoms with Gasteiger partial charge in [-0.15, -0.1) is 0 Å². The molecule has 37 heavy (non-hydrogen) atoms. The molecular formula is C25H20FN7O4. The fraction of sp³-hybridized carbons (Fsp3) is 0.200. The molecule has 2 N–H and O–H groups in total. The molecule has 1 atom stereocenters. The average molecular weight is 501 g/mol. The van der Waals surface area contributed by atoms with Crippen LogP contribution < -0.4 is 15.4 Å². The number of hydrogen-bond donors (Lipinski definition) is 2. The van der Waals surface area contributed by atoms with Gasteiger partial charge in [0.15, 0.2) is 11.2 Å². The SMILES string of the molecule is Cn1cnc2c(-c3ccc([C@]4(CN5Cc6ccc(OCF)cc6C5=O)NC(=O)NC4=O)cc3)ncnc21. The molecule has 1 fully saturated rings. The van der Waals surface area contributed by atoms with Crippen LogP contribution in [0, 0.1) is 0 Å². The Morgan fingerprint density at radius 2 is 1.89 bits per heavy atom. The third kappa shape index (κ3) is 3.56. The van der Waals surface area contributed by atoms with Crippen molar-refractivity contribution in [2.24, 2.45) is 7.05 Å². The van der Waals surface area contributed by atoms with Gasteiger partial charge < -0.3 is 19.5 Å². The second kappa shape index (κ2) is 8.36. The summed E-state index contributed by atoms with van der Waals surface area (Å²) in [5, 5.41) is 5.02. The molecule has 2 aromatic heterocycles. The number of amides is 4. The molecule has 186 valence electrons. The zero-order chi connectivity index (χ0) is 25.7. The monoisotopic (exact) mass is 501 g/mol. The Bertz CT molecular complexity index is 1590. The largest absolute Gasteiger partial charge is 0.463 e. The fourth-order valence-electron chi connectivity index (χ4n) is 4.87. The first-order valence-corrected chi connectivity index (χ1v) is 11.4. The van der Waals surface area contributed by atoms with Crippen molar-refractivity contribution in [2.45, 2.75) is 12.1 Å². The van der Waals surface area contributed by atoms with Gasteiger partial charge in [0.2, 0.25) is 6.86 Å². The number of ether oxygens (including phenoxy) is 1. The number of aryl methyl sites for hydroxylation is 1. The third-order valence-electron chi connectivity index (χ3n) is 6.70. The van der Waals surface area contributed by atoms with Crippen LogP contribution in [0.4, 0.5) is 9.18 Å². The van der Waals surface area contributed by atoms with Gasteiger partial charge in [-0.3, -0.25) is 14.9 Å². The number of urea groups is 1. The molecule has 1 saturated heterocycles. The molecule has 0 bridgehead atoms. The van der Waals surface area contributed by atoms with Gasteiger partial charge in [0, 0.05) is 24.7 Å². The van der Waals surface area contributed by atoms with Crippen LogP contribution in [0.5, 0.6) is 5.75 Å². The van der Waals surface area contributed by atoms with Gasteiger partial charge in [-0.2, -0.15) is 0 Å². The van der Waals surface area contributed by atoms with E-state index in [0.29, 0.717) is 28.0 Å². The molecule has 4 aromatic rings. The number of nitrogens with one attached hydrogen (secondary N) is 2. The number of alkyl halides is 1. The third-order valence-corrected chi connectivity index (χ3v) is 6.70. The predicted molar refractivity (Wildman–Crippen MR) is 128 cm³/mol. The highest BCUT2D eigenvalue weighted by molar-refractivity contribution is 6.08. The molecule has 0 radical (unpaired) electrons. The normalized spacial score (nSPS) is 18.8. The molecule has 2 aliphatic heterocycles. The molecular weight excluding hydrogens is 481 g/mol. The summed E-state index contributed by atoms with van der Waals surface area (Å²) in [5.74, 6) is -0.673. The second-order valence-electron chi connectivity index (χ2n) is 8.87. The van der Waals surface area contributed by atoms with Crippen molar-refractivity contribution < 1.29 is 23.5 Å². The summed E-state index contributed by atoms with van der Waals surface area (Å²) in [6, 6.07) is 11.1. The number of imide groups is 1. The maximum absolute atomic E-state index is 13.2. The smallest absolute Gasteiger partial charge is 0.322 e. The lowest BCUT2D eigenvalue weighted by Gasteiger charge is -2.31. The Morgan fingerprint density at radius 3 is 2.62 bits per heavy atom. The summed E-state index contributed by atoms with van der Waals surface area (Å²) in [5.41, 5.74) is 2.77. The van der Waals surface area contributed by atoms with Gasteiger partial charge in [-0.05, 0) is 23.3 Å². The number of halogens is 1. The summed E-state index contributed by atoms with van der Waals surface area (Å²) < 4.78 is 19.3. The Balaban J connectivity index is 1.34. The zero-order valence-corrected chi connectivity index (χ0v) is 19.6. The van der Waals surface area contributed by atoms with Crippen LogP contribution in [0.25, 0.3) is 22.4 Å². The van der Waals surface area contributed by atoms with Gasteiger partial charge in [-0.1, -0.05) is 30.3 Å². The number of benzene rings is 2. The van der Waals surface area contributed by atoms with Crippen LogP contribution in [0.3, 0.4) is 0 Å². The predicted octanol–water partition coefficient (Wildman–Crippen LogP) is 2.03. The van der Waals surface area contributed by atoms with E-state index < -0.39 is 24.3 Å². The maximum Gasteiger partial charge on any atom is 0.322 e. The van der Waals surface area contributed by atoms with Crippen molar-refractivity contribution in [1.82, 2.24) is 35.1 Å². The summed E-state index contributed by atoms with van der Waals surface area (Å²) in [6.07, 6.45) is 3.11. The maximum atomic E-state index is 13.2. The lowest BCUT2D eigenvalue weighted by molar-refractivity contribution is -0.124. The highest BCUT2D eigenvalue weighted by Crippen LogP contribution is 2.34. The molecule has 0 spiro atoms. The van der Waals surface area contributed by atoms with E-state index in [2.05, 4.69) is 25.6 Å². The van der Waals surface area contributed by atoms with Crippen LogP contribution >= 0.6 is 0 Å². The topological polar surface area (TPSA) is 131 Å². The van der Waals surface area contributed by atoms with Gasteiger partial charge in [0.05, 0.1) is 12.9 Å². The van der Waals surface area contributed by atoms with Crippen molar-refractivity contribution >= 4 is 29.0 Å². The summed E-state index contributed by atoms with van der Waals surface area (Å²) >= 11 is 0. The van der Waals surface area contributed by atoms with Gasteiger partial charge in [-0.25, -0.2) is 24.1 Å².